The van der Waals surface area contributed by atoms with Gasteiger partial charge < -0.3 is 15.2 Å². The lowest BCUT2D eigenvalue weighted by Crippen LogP contribution is -2.34. The first-order valence-corrected chi connectivity index (χ1v) is 6.26. The maximum atomic E-state index is 10.5. The summed E-state index contributed by atoms with van der Waals surface area (Å²) < 4.78 is 7.09. The van der Waals surface area contributed by atoms with Crippen molar-refractivity contribution in [2.45, 2.75) is 32.4 Å². The van der Waals surface area contributed by atoms with E-state index < -0.39 is 6.10 Å². The molecule has 17 heavy (non-hydrogen) atoms. The van der Waals surface area contributed by atoms with Gasteiger partial charge in [-0.15, -0.1) is 0 Å². The van der Waals surface area contributed by atoms with Crippen LogP contribution in [0, 0.1) is 5.92 Å². The number of rotatable bonds is 4. The van der Waals surface area contributed by atoms with Gasteiger partial charge in [-0.2, -0.15) is 5.10 Å². The summed E-state index contributed by atoms with van der Waals surface area (Å²) in [5, 5.41) is 18.0. The maximum Gasteiger partial charge on any atom is 0.162 e. The summed E-state index contributed by atoms with van der Waals surface area (Å²) in [5.74, 6) is 0.935. The van der Waals surface area contributed by atoms with Gasteiger partial charge in [0.25, 0.3) is 0 Å². The van der Waals surface area contributed by atoms with Gasteiger partial charge in [0.05, 0.1) is 13.3 Å². The van der Waals surface area contributed by atoms with Crippen LogP contribution in [0.1, 0.15) is 31.6 Å². The number of hydrogen-bond donors (Lipinski definition) is 2. The van der Waals surface area contributed by atoms with E-state index in [2.05, 4.69) is 10.4 Å². The molecule has 0 bridgehead atoms. The van der Waals surface area contributed by atoms with Crippen molar-refractivity contribution in [1.82, 2.24) is 15.1 Å². The molecule has 2 unspecified atom stereocenters. The number of aliphatic hydroxyl groups is 1. The molecule has 1 fully saturated rings. The Balaban J connectivity index is 2.21. The van der Waals surface area contributed by atoms with E-state index in [0.29, 0.717) is 5.75 Å². The minimum atomic E-state index is -0.500. The van der Waals surface area contributed by atoms with Crippen molar-refractivity contribution in [1.29, 1.82) is 0 Å². The van der Waals surface area contributed by atoms with Crippen LogP contribution in [0.25, 0.3) is 0 Å². The molecule has 2 N–H and O–H groups in total. The summed E-state index contributed by atoms with van der Waals surface area (Å²) in [5.41, 5.74) is 0.809. The Morgan fingerprint density at radius 3 is 3.12 bits per heavy atom. The Morgan fingerprint density at radius 1 is 1.71 bits per heavy atom. The van der Waals surface area contributed by atoms with E-state index in [0.717, 1.165) is 38.2 Å². The molecule has 96 valence electrons. The number of piperidine rings is 1. The predicted molar refractivity (Wildman–Crippen MR) is 65.0 cm³/mol. The molecule has 5 nitrogen and oxygen atoms in total. The largest absolute Gasteiger partial charge is 0.493 e. The van der Waals surface area contributed by atoms with Gasteiger partial charge in [0.1, 0.15) is 11.8 Å². The smallest absolute Gasteiger partial charge is 0.162 e. The highest BCUT2D eigenvalue weighted by atomic mass is 16.5. The van der Waals surface area contributed by atoms with Crippen LogP contribution in [0.3, 0.4) is 0 Å². The zero-order valence-corrected chi connectivity index (χ0v) is 10.5. The molecule has 2 rings (SSSR count). The third kappa shape index (κ3) is 2.45. The molecule has 1 aliphatic heterocycles. The fourth-order valence-electron chi connectivity index (χ4n) is 2.46. The van der Waals surface area contributed by atoms with Gasteiger partial charge in [-0.3, -0.25) is 4.68 Å². The van der Waals surface area contributed by atoms with Crippen LogP contribution >= 0.6 is 0 Å². The summed E-state index contributed by atoms with van der Waals surface area (Å²) in [6.45, 7) is 4.67. The first-order chi connectivity index (χ1) is 8.27. The van der Waals surface area contributed by atoms with Crippen molar-refractivity contribution in [2.24, 2.45) is 5.92 Å². The molecule has 1 aromatic rings. The summed E-state index contributed by atoms with van der Waals surface area (Å²) >= 11 is 0. The van der Waals surface area contributed by atoms with E-state index in [4.69, 9.17) is 4.74 Å². The minimum absolute atomic E-state index is 0.250. The number of hydrogen-bond acceptors (Lipinski definition) is 4. The van der Waals surface area contributed by atoms with Gasteiger partial charge in [-0.25, -0.2) is 0 Å². The number of methoxy groups -OCH3 is 1. The number of aromatic nitrogens is 2. The lowest BCUT2D eigenvalue weighted by Gasteiger charge is -2.28. The highest BCUT2D eigenvalue weighted by molar-refractivity contribution is 5.27. The molecule has 0 spiro atoms. The monoisotopic (exact) mass is 239 g/mol. The fourth-order valence-corrected chi connectivity index (χ4v) is 2.46. The molecule has 0 saturated carbocycles. The number of nitrogens with zero attached hydrogens (tertiary/aromatic N) is 2. The molecule has 2 atom stereocenters. The van der Waals surface area contributed by atoms with Gasteiger partial charge in [0, 0.05) is 19.0 Å². The second-order valence-electron chi connectivity index (χ2n) is 4.47. The second-order valence-corrected chi connectivity index (χ2v) is 4.47. The quantitative estimate of drug-likeness (QED) is 0.821. The van der Waals surface area contributed by atoms with Crippen molar-refractivity contribution in [3.8, 4) is 5.75 Å². The fraction of sp³-hybridized carbons (Fsp3) is 0.750. The topological polar surface area (TPSA) is 59.3 Å². The second kappa shape index (κ2) is 5.51. The Labute approximate surface area is 102 Å². The maximum absolute atomic E-state index is 10.5. The van der Waals surface area contributed by atoms with Crippen molar-refractivity contribution < 1.29 is 9.84 Å². The minimum Gasteiger partial charge on any atom is -0.493 e. The number of nitrogens with one attached hydrogen (secondary N) is 1. The Kier molecular flexibility index (Phi) is 4.02. The predicted octanol–water partition coefficient (Wildman–Crippen LogP) is 0.945. The molecule has 0 aliphatic carbocycles. The lowest BCUT2D eigenvalue weighted by molar-refractivity contribution is 0.0814. The Morgan fingerprint density at radius 2 is 2.53 bits per heavy atom. The third-order valence-electron chi connectivity index (χ3n) is 3.43. The molecular weight excluding hydrogens is 218 g/mol. The van der Waals surface area contributed by atoms with Crippen LogP contribution in [0.4, 0.5) is 0 Å². The molecule has 0 amide bonds. The molecule has 0 aromatic carbocycles. The number of aliphatic hydroxyl groups excluding tert-OH is 1. The Bertz CT molecular complexity index is 337. The zero-order valence-electron chi connectivity index (χ0n) is 10.5. The molecule has 1 saturated heterocycles. The van der Waals surface area contributed by atoms with Crippen LogP contribution in [-0.2, 0) is 6.54 Å². The lowest BCUT2D eigenvalue weighted by atomic mass is 9.91. The van der Waals surface area contributed by atoms with Crippen molar-refractivity contribution >= 4 is 0 Å². The normalized spacial score (nSPS) is 22.4. The van der Waals surface area contributed by atoms with E-state index in [1.807, 2.05) is 11.6 Å². The van der Waals surface area contributed by atoms with Crippen LogP contribution in [0.5, 0.6) is 5.75 Å². The van der Waals surface area contributed by atoms with Crippen molar-refractivity contribution in [3.05, 3.63) is 11.9 Å². The third-order valence-corrected chi connectivity index (χ3v) is 3.43. The van der Waals surface area contributed by atoms with Gasteiger partial charge in [0.2, 0.25) is 0 Å². The molecule has 1 aromatic heterocycles. The average molecular weight is 239 g/mol. The van der Waals surface area contributed by atoms with Gasteiger partial charge in [-0.05, 0) is 26.3 Å². The summed E-state index contributed by atoms with van der Waals surface area (Å²) in [6, 6.07) is 0. The molecule has 2 heterocycles. The van der Waals surface area contributed by atoms with E-state index >= 15 is 0 Å². The van der Waals surface area contributed by atoms with Crippen LogP contribution in [0.2, 0.25) is 0 Å². The standard InChI is InChI=1S/C12H21N3O2/c1-3-15-11(10(17-2)8-14-15)12(16)9-5-4-6-13-7-9/h8-9,12-13,16H,3-7H2,1-2H3. The van der Waals surface area contributed by atoms with E-state index in [9.17, 15) is 5.11 Å². The number of ether oxygens (including phenoxy) is 1. The van der Waals surface area contributed by atoms with Gasteiger partial charge in [0.15, 0.2) is 5.75 Å². The molecular formula is C12H21N3O2. The van der Waals surface area contributed by atoms with Crippen LogP contribution in [0.15, 0.2) is 6.20 Å². The summed E-state index contributed by atoms with van der Waals surface area (Å²) in [7, 11) is 1.62. The van der Waals surface area contributed by atoms with Gasteiger partial charge in [-0.1, -0.05) is 0 Å². The van der Waals surface area contributed by atoms with E-state index in [-0.39, 0.29) is 5.92 Å². The van der Waals surface area contributed by atoms with Crippen LogP contribution < -0.4 is 10.1 Å². The van der Waals surface area contributed by atoms with Crippen LogP contribution in [-0.4, -0.2) is 35.1 Å². The van der Waals surface area contributed by atoms with E-state index in [1.165, 1.54) is 0 Å². The molecule has 5 heteroatoms. The molecule has 1 aliphatic rings. The van der Waals surface area contributed by atoms with Crippen molar-refractivity contribution in [2.75, 3.05) is 20.2 Å². The van der Waals surface area contributed by atoms with E-state index in [1.54, 1.807) is 13.3 Å². The Hall–Kier alpha value is -1.07. The number of aryl methyl sites for hydroxylation is 1. The van der Waals surface area contributed by atoms with Crippen molar-refractivity contribution in [3.63, 3.8) is 0 Å². The highest BCUT2D eigenvalue weighted by Gasteiger charge is 2.28. The summed E-state index contributed by atoms with van der Waals surface area (Å²) in [4.78, 5) is 0. The first-order valence-electron chi connectivity index (χ1n) is 6.26. The first kappa shape index (κ1) is 12.4. The average Bonchev–Trinajstić information content (AvgIpc) is 2.81. The van der Waals surface area contributed by atoms with Gasteiger partial charge >= 0.3 is 0 Å². The summed E-state index contributed by atoms with van der Waals surface area (Å²) in [6.07, 6.45) is 3.34. The molecule has 0 radical (unpaired) electrons. The SMILES string of the molecule is CCn1ncc(OC)c1C(O)C1CCCNC1. The highest BCUT2D eigenvalue weighted by Crippen LogP contribution is 2.32. The zero-order chi connectivity index (χ0) is 12.3.